The number of halogens is 1. The molecule has 0 saturated heterocycles. The molecule has 2 nitrogen and oxygen atoms in total. The molecule has 1 fully saturated rings. The molecule has 0 aromatic heterocycles. The van der Waals surface area contributed by atoms with Crippen LogP contribution in [-0.4, -0.2) is 13.2 Å². The molecule has 1 N–H and O–H groups in total. The Kier molecular flexibility index (Phi) is 4.14. The van der Waals surface area contributed by atoms with Crippen molar-refractivity contribution in [3.8, 4) is 5.75 Å². The molecule has 2 atom stereocenters. The second-order valence-corrected chi connectivity index (χ2v) is 6.22. The van der Waals surface area contributed by atoms with Gasteiger partial charge in [0.25, 0.3) is 0 Å². The van der Waals surface area contributed by atoms with Gasteiger partial charge in [0.2, 0.25) is 0 Å². The highest BCUT2D eigenvalue weighted by atomic mass is 19.1. The molecule has 0 amide bonds. The number of ether oxygens (including phenoxy) is 1. The standard InChI is InChI=1S/C16H24FNO/c1-11(18-15-6-5-9-16(15,2)3)12-7-8-14(19-4)13(17)10-12/h7-8,10-11,15,18H,5-6,9H2,1-4H3. The molecule has 2 unspecified atom stereocenters. The first-order valence-corrected chi connectivity index (χ1v) is 7.03. The van der Waals surface area contributed by atoms with Crippen molar-refractivity contribution in [3.63, 3.8) is 0 Å². The van der Waals surface area contributed by atoms with Crippen molar-refractivity contribution in [3.05, 3.63) is 29.6 Å². The summed E-state index contributed by atoms with van der Waals surface area (Å²) in [5.41, 5.74) is 1.31. The van der Waals surface area contributed by atoms with E-state index in [9.17, 15) is 4.39 Å². The molecule has 1 aromatic rings. The van der Waals surface area contributed by atoms with Gasteiger partial charge in [-0.05, 0) is 42.9 Å². The van der Waals surface area contributed by atoms with Crippen LogP contribution in [0.2, 0.25) is 0 Å². The van der Waals surface area contributed by atoms with Gasteiger partial charge in [0.15, 0.2) is 11.6 Å². The van der Waals surface area contributed by atoms with Gasteiger partial charge < -0.3 is 10.1 Å². The Morgan fingerprint density at radius 3 is 2.68 bits per heavy atom. The molecule has 19 heavy (non-hydrogen) atoms. The maximum atomic E-state index is 13.7. The third kappa shape index (κ3) is 3.08. The average Bonchev–Trinajstić information content (AvgIpc) is 2.68. The second-order valence-electron chi connectivity index (χ2n) is 6.22. The first-order valence-electron chi connectivity index (χ1n) is 7.03. The van der Waals surface area contributed by atoms with E-state index in [2.05, 4.69) is 26.1 Å². The topological polar surface area (TPSA) is 21.3 Å². The molecule has 1 aliphatic carbocycles. The number of rotatable bonds is 4. The predicted octanol–water partition coefficient (Wildman–Crippen LogP) is 4.06. The van der Waals surface area contributed by atoms with Crippen molar-refractivity contribution in [1.29, 1.82) is 0 Å². The monoisotopic (exact) mass is 265 g/mol. The lowest BCUT2D eigenvalue weighted by molar-refractivity contribution is 0.266. The molecule has 3 heteroatoms. The molecule has 0 spiro atoms. The number of methoxy groups -OCH3 is 1. The van der Waals surface area contributed by atoms with Crippen LogP contribution in [0.15, 0.2) is 18.2 Å². The highest BCUT2D eigenvalue weighted by Gasteiger charge is 2.35. The van der Waals surface area contributed by atoms with E-state index in [0.717, 1.165) is 5.56 Å². The molecular weight excluding hydrogens is 241 g/mol. The lowest BCUT2D eigenvalue weighted by atomic mass is 9.86. The Morgan fingerprint density at radius 2 is 2.16 bits per heavy atom. The Labute approximate surface area is 115 Å². The fourth-order valence-corrected chi connectivity index (χ4v) is 2.99. The van der Waals surface area contributed by atoms with E-state index in [4.69, 9.17) is 4.74 Å². The van der Waals surface area contributed by atoms with Crippen LogP contribution < -0.4 is 10.1 Å². The van der Waals surface area contributed by atoms with Crippen molar-refractivity contribution in [2.45, 2.75) is 52.1 Å². The SMILES string of the molecule is COc1ccc(C(C)NC2CCCC2(C)C)cc1F. The van der Waals surface area contributed by atoms with Crippen LogP contribution >= 0.6 is 0 Å². The quantitative estimate of drug-likeness (QED) is 0.886. The summed E-state index contributed by atoms with van der Waals surface area (Å²) in [4.78, 5) is 0. The minimum Gasteiger partial charge on any atom is -0.494 e. The second kappa shape index (κ2) is 5.49. The molecule has 1 aromatic carbocycles. The fourth-order valence-electron chi connectivity index (χ4n) is 2.99. The third-order valence-corrected chi connectivity index (χ3v) is 4.38. The molecule has 0 radical (unpaired) electrons. The number of nitrogens with one attached hydrogen (secondary N) is 1. The van der Waals surface area contributed by atoms with Gasteiger partial charge in [0.1, 0.15) is 0 Å². The van der Waals surface area contributed by atoms with E-state index < -0.39 is 0 Å². The van der Waals surface area contributed by atoms with Crippen LogP contribution in [0.4, 0.5) is 4.39 Å². The molecule has 1 saturated carbocycles. The summed E-state index contributed by atoms with van der Waals surface area (Å²) in [6.07, 6.45) is 3.73. The van der Waals surface area contributed by atoms with Crippen LogP contribution in [0.3, 0.4) is 0 Å². The largest absolute Gasteiger partial charge is 0.494 e. The molecule has 0 heterocycles. The van der Waals surface area contributed by atoms with Gasteiger partial charge in [0.05, 0.1) is 7.11 Å². The molecule has 106 valence electrons. The van der Waals surface area contributed by atoms with E-state index in [-0.39, 0.29) is 11.9 Å². The zero-order valence-electron chi connectivity index (χ0n) is 12.3. The summed E-state index contributed by atoms with van der Waals surface area (Å²) in [5.74, 6) is 0.0106. The van der Waals surface area contributed by atoms with E-state index in [1.165, 1.54) is 26.4 Å². The first kappa shape index (κ1) is 14.3. The summed E-state index contributed by atoms with van der Waals surface area (Å²) in [7, 11) is 1.49. The normalized spacial score (nSPS) is 23.3. The third-order valence-electron chi connectivity index (χ3n) is 4.38. The van der Waals surface area contributed by atoms with Crippen LogP contribution in [0.1, 0.15) is 51.6 Å². The van der Waals surface area contributed by atoms with Gasteiger partial charge in [-0.3, -0.25) is 0 Å². The van der Waals surface area contributed by atoms with Gasteiger partial charge in [-0.1, -0.05) is 26.3 Å². The van der Waals surface area contributed by atoms with Crippen molar-refractivity contribution >= 4 is 0 Å². The summed E-state index contributed by atoms with van der Waals surface area (Å²) in [6, 6.07) is 5.86. The Hall–Kier alpha value is -1.09. The first-order chi connectivity index (χ1) is 8.94. The van der Waals surface area contributed by atoms with Gasteiger partial charge in [-0.15, -0.1) is 0 Å². The van der Waals surface area contributed by atoms with Gasteiger partial charge >= 0.3 is 0 Å². The number of hydrogen-bond acceptors (Lipinski definition) is 2. The molecule has 2 rings (SSSR count). The van der Waals surface area contributed by atoms with E-state index in [1.807, 2.05) is 6.07 Å². The zero-order chi connectivity index (χ0) is 14.0. The average molecular weight is 265 g/mol. The summed E-state index contributed by atoms with van der Waals surface area (Å²) < 4.78 is 18.7. The lowest BCUT2D eigenvalue weighted by Gasteiger charge is -2.31. The van der Waals surface area contributed by atoms with Gasteiger partial charge in [-0.2, -0.15) is 0 Å². The highest BCUT2D eigenvalue weighted by Crippen LogP contribution is 2.38. The summed E-state index contributed by atoms with van der Waals surface area (Å²) in [5, 5.41) is 3.64. The summed E-state index contributed by atoms with van der Waals surface area (Å²) in [6.45, 7) is 6.70. The molecule has 1 aliphatic rings. The fraction of sp³-hybridized carbons (Fsp3) is 0.625. The number of hydrogen-bond donors (Lipinski definition) is 1. The van der Waals surface area contributed by atoms with E-state index >= 15 is 0 Å². The molecule has 0 aliphatic heterocycles. The van der Waals surface area contributed by atoms with Gasteiger partial charge in [0, 0.05) is 12.1 Å². The zero-order valence-corrected chi connectivity index (χ0v) is 12.3. The van der Waals surface area contributed by atoms with E-state index in [1.54, 1.807) is 12.1 Å². The maximum Gasteiger partial charge on any atom is 0.165 e. The van der Waals surface area contributed by atoms with Crippen LogP contribution in [0.25, 0.3) is 0 Å². The minimum absolute atomic E-state index is 0.155. The molecular formula is C16H24FNO. The van der Waals surface area contributed by atoms with Crippen LogP contribution in [-0.2, 0) is 0 Å². The highest BCUT2D eigenvalue weighted by molar-refractivity contribution is 5.30. The Bertz CT molecular complexity index is 444. The lowest BCUT2D eigenvalue weighted by Crippen LogP contribution is -2.39. The van der Waals surface area contributed by atoms with Crippen molar-refractivity contribution in [2.24, 2.45) is 5.41 Å². The minimum atomic E-state index is -0.292. The van der Waals surface area contributed by atoms with Gasteiger partial charge in [-0.25, -0.2) is 4.39 Å². The van der Waals surface area contributed by atoms with Crippen molar-refractivity contribution < 1.29 is 9.13 Å². The van der Waals surface area contributed by atoms with Crippen molar-refractivity contribution in [1.82, 2.24) is 5.32 Å². The smallest absolute Gasteiger partial charge is 0.165 e. The Balaban J connectivity index is 2.07. The van der Waals surface area contributed by atoms with Crippen LogP contribution in [0, 0.1) is 11.2 Å². The van der Waals surface area contributed by atoms with Crippen LogP contribution in [0.5, 0.6) is 5.75 Å². The van der Waals surface area contributed by atoms with E-state index in [0.29, 0.717) is 17.2 Å². The maximum absolute atomic E-state index is 13.7. The predicted molar refractivity (Wildman–Crippen MR) is 75.9 cm³/mol. The number of benzene rings is 1. The molecule has 0 bridgehead atoms. The Morgan fingerprint density at radius 1 is 1.42 bits per heavy atom. The van der Waals surface area contributed by atoms with Crippen molar-refractivity contribution in [2.75, 3.05) is 7.11 Å². The summed E-state index contributed by atoms with van der Waals surface area (Å²) >= 11 is 0.